The normalized spacial score (nSPS) is 15.7. The Hall–Kier alpha value is -2.22. The highest BCUT2D eigenvalue weighted by Crippen LogP contribution is 2.22. The van der Waals surface area contributed by atoms with Crippen LogP contribution >= 0.6 is 11.3 Å². The molecule has 1 aromatic heterocycles. The van der Waals surface area contributed by atoms with Gasteiger partial charge in [0, 0.05) is 17.7 Å². The lowest BCUT2D eigenvalue weighted by atomic mass is 10.1. The van der Waals surface area contributed by atoms with Crippen LogP contribution in [-0.2, 0) is 19.1 Å². The molecule has 2 N–H and O–H groups in total. The predicted molar refractivity (Wildman–Crippen MR) is 76.6 cm³/mol. The number of nitrogens with one attached hydrogen (secondary N) is 2. The highest BCUT2D eigenvalue weighted by Gasteiger charge is 2.24. The second kappa shape index (κ2) is 6.98. The SMILES string of the molecule is COC(=O)CC(NC(=O)C1=NNC(=O)CC1)c1cccs1. The molecular formula is C13H15N3O4S. The molecule has 1 aliphatic heterocycles. The number of hydrazone groups is 1. The van der Waals surface area contributed by atoms with Crippen molar-refractivity contribution >= 4 is 34.8 Å². The number of hydrogen-bond acceptors (Lipinski definition) is 6. The Morgan fingerprint density at radius 3 is 2.90 bits per heavy atom. The van der Waals surface area contributed by atoms with Gasteiger partial charge in [0.25, 0.3) is 5.91 Å². The van der Waals surface area contributed by atoms with E-state index >= 15 is 0 Å². The van der Waals surface area contributed by atoms with E-state index in [4.69, 9.17) is 0 Å². The lowest BCUT2D eigenvalue weighted by Crippen LogP contribution is -2.39. The van der Waals surface area contributed by atoms with E-state index in [0.717, 1.165) is 4.88 Å². The average Bonchev–Trinajstić information content (AvgIpc) is 3.01. The summed E-state index contributed by atoms with van der Waals surface area (Å²) in [6, 6.07) is 3.21. The van der Waals surface area contributed by atoms with Crippen LogP contribution in [0.5, 0.6) is 0 Å². The van der Waals surface area contributed by atoms with Crippen LogP contribution in [0, 0.1) is 0 Å². The largest absolute Gasteiger partial charge is 0.469 e. The van der Waals surface area contributed by atoms with Crippen molar-refractivity contribution in [2.75, 3.05) is 7.11 Å². The van der Waals surface area contributed by atoms with Gasteiger partial charge in [0.15, 0.2) is 0 Å². The molecule has 2 amide bonds. The standard InChI is InChI=1S/C13H15N3O4S/c1-20-12(18)7-9(10-3-2-6-21-10)14-13(19)8-4-5-11(17)16-15-8/h2-3,6,9H,4-5,7H2,1H3,(H,14,19)(H,16,17). The maximum absolute atomic E-state index is 12.1. The van der Waals surface area contributed by atoms with E-state index < -0.39 is 17.9 Å². The number of amides is 2. The summed E-state index contributed by atoms with van der Waals surface area (Å²) in [7, 11) is 1.30. The molecule has 0 spiro atoms. The summed E-state index contributed by atoms with van der Waals surface area (Å²) in [5.74, 6) is -1.01. The van der Waals surface area contributed by atoms with E-state index in [1.54, 1.807) is 0 Å². The monoisotopic (exact) mass is 309 g/mol. The van der Waals surface area contributed by atoms with Crippen LogP contribution in [0.4, 0.5) is 0 Å². The van der Waals surface area contributed by atoms with Crippen LogP contribution in [0.25, 0.3) is 0 Å². The van der Waals surface area contributed by atoms with E-state index in [2.05, 4.69) is 20.6 Å². The molecule has 7 nitrogen and oxygen atoms in total. The smallest absolute Gasteiger partial charge is 0.307 e. The summed E-state index contributed by atoms with van der Waals surface area (Å²) in [6.45, 7) is 0. The molecule has 0 radical (unpaired) electrons. The number of thiophene rings is 1. The molecule has 1 atom stereocenters. The summed E-state index contributed by atoms with van der Waals surface area (Å²) in [6.07, 6.45) is 0.558. The van der Waals surface area contributed by atoms with Crippen molar-refractivity contribution < 1.29 is 19.1 Å². The Bertz CT molecular complexity index is 568. The summed E-state index contributed by atoms with van der Waals surface area (Å²) < 4.78 is 4.65. The summed E-state index contributed by atoms with van der Waals surface area (Å²) in [5, 5.41) is 8.36. The number of rotatable bonds is 5. The number of carbonyl (C=O) groups is 3. The van der Waals surface area contributed by atoms with E-state index in [0.29, 0.717) is 0 Å². The molecule has 2 rings (SSSR count). The minimum Gasteiger partial charge on any atom is -0.469 e. The molecule has 112 valence electrons. The molecule has 0 bridgehead atoms. The molecule has 1 aliphatic rings. The number of carbonyl (C=O) groups excluding carboxylic acids is 3. The lowest BCUT2D eigenvalue weighted by Gasteiger charge is -2.18. The van der Waals surface area contributed by atoms with Gasteiger partial charge in [-0.05, 0) is 11.4 Å². The maximum atomic E-state index is 12.1. The van der Waals surface area contributed by atoms with Crippen molar-refractivity contribution in [2.45, 2.75) is 25.3 Å². The molecule has 0 aromatic carbocycles. The summed E-state index contributed by atoms with van der Waals surface area (Å²) in [5.41, 5.74) is 2.52. The number of esters is 1. The number of methoxy groups -OCH3 is 1. The van der Waals surface area contributed by atoms with Crippen molar-refractivity contribution in [1.29, 1.82) is 0 Å². The maximum Gasteiger partial charge on any atom is 0.307 e. The molecule has 0 saturated heterocycles. The molecule has 21 heavy (non-hydrogen) atoms. The minimum atomic E-state index is -0.467. The Balaban J connectivity index is 2.06. The van der Waals surface area contributed by atoms with Crippen LogP contribution in [0.15, 0.2) is 22.6 Å². The van der Waals surface area contributed by atoms with Crippen molar-refractivity contribution in [3.8, 4) is 0 Å². The first-order valence-corrected chi connectivity index (χ1v) is 7.24. The molecule has 1 unspecified atom stereocenters. The van der Waals surface area contributed by atoms with E-state index in [9.17, 15) is 14.4 Å². The van der Waals surface area contributed by atoms with Crippen LogP contribution in [0.3, 0.4) is 0 Å². The van der Waals surface area contributed by atoms with Gasteiger partial charge in [0.2, 0.25) is 5.91 Å². The zero-order valence-corrected chi connectivity index (χ0v) is 12.2. The van der Waals surface area contributed by atoms with Crippen LogP contribution in [0.1, 0.15) is 30.2 Å². The molecule has 0 fully saturated rings. The average molecular weight is 309 g/mol. The van der Waals surface area contributed by atoms with Crippen molar-refractivity contribution in [1.82, 2.24) is 10.7 Å². The quantitative estimate of drug-likeness (QED) is 0.784. The third kappa shape index (κ3) is 4.12. The zero-order chi connectivity index (χ0) is 15.2. The van der Waals surface area contributed by atoms with Gasteiger partial charge in [-0.2, -0.15) is 5.10 Å². The minimum absolute atomic E-state index is 0.0440. The Morgan fingerprint density at radius 2 is 2.33 bits per heavy atom. The highest BCUT2D eigenvalue weighted by molar-refractivity contribution is 7.10. The molecule has 0 saturated carbocycles. The highest BCUT2D eigenvalue weighted by atomic mass is 32.1. The lowest BCUT2D eigenvalue weighted by molar-refractivity contribution is -0.141. The van der Waals surface area contributed by atoms with Crippen molar-refractivity contribution in [3.05, 3.63) is 22.4 Å². The Morgan fingerprint density at radius 1 is 1.52 bits per heavy atom. The number of ether oxygens (including phenoxy) is 1. The third-order valence-corrected chi connectivity index (χ3v) is 3.94. The van der Waals surface area contributed by atoms with Gasteiger partial charge in [-0.3, -0.25) is 14.4 Å². The molecule has 2 heterocycles. The number of hydrogen-bond donors (Lipinski definition) is 2. The van der Waals surface area contributed by atoms with Crippen molar-refractivity contribution in [2.24, 2.45) is 5.10 Å². The second-order valence-corrected chi connectivity index (χ2v) is 5.39. The number of nitrogens with zero attached hydrogens (tertiary/aromatic N) is 1. The van der Waals surface area contributed by atoms with Gasteiger partial charge >= 0.3 is 5.97 Å². The van der Waals surface area contributed by atoms with Crippen LogP contribution in [-0.4, -0.2) is 30.6 Å². The first-order valence-electron chi connectivity index (χ1n) is 6.36. The van der Waals surface area contributed by atoms with Gasteiger partial charge in [0.1, 0.15) is 5.71 Å². The van der Waals surface area contributed by atoms with Gasteiger partial charge in [-0.1, -0.05) is 6.07 Å². The topological polar surface area (TPSA) is 96.9 Å². The fraction of sp³-hybridized carbons (Fsp3) is 0.385. The first-order chi connectivity index (χ1) is 10.1. The van der Waals surface area contributed by atoms with Crippen LogP contribution in [0.2, 0.25) is 0 Å². The zero-order valence-electron chi connectivity index (χ0n) is 11.4. The predicted octanol–water partition coefficient (Wildman–Crippen LogP) is 0.735. The van der Waals surface area contributed by atoms with E-state index in [1.807, 2.05) is 17.5 Å². The van der Waals surface area contributed by atoms with Gasteiger partial charge in [-0.25, -0.2) is 5.43 Å². The van der Waals surface area contributed by atoms with E-state index in [1.165, 1.54) is 18.4 Å². The Labute approximate surface area is 125 Å². The molecule has 0 aliphatic carbocycles. The summed E-state index contributed by atoms with van der Waals surface area (Å²) in [4.78, 5) is 35.5. The summed E-state index contributed by atoms with van der Waals surface area (Å²) >= 11 is 1.44. The fourth-order valence-corrected chi connectivity index (χ4v) is 2.62. The van der Waals surface area contributed by atoms with Gasteiger partial charge in [0.05, 0.1) is 19.6 Å². The van der Waals surface area contributed by atoms with Crippen LogP contribution < -0.4 is 10.7 Å². The molecular weight excluding hydrogens is 294 g/mol. The van der Waals surface area contributed by atoms with E-state index in [-0.39, 0.29) is 30.9 Å². The third-order valence-electron chi connectivity index (χ3n) is 2.96. The van der Waals surface area contributed by atoms with Gasteiger partial charge < -0.3 is 10.1 Å². The van der Waals surface area contributed by atoms with Gasteiger partial charge in [-0.15, -0.1) is 11.3 Å². The molecule has 8 heteroatoms. The van der Waals surface area contributed by atoms with Crippen molar-refractivity contribution in [3.63, 3.8) is 0 Å². The molecule has 1 aromatic rings. The Kier molecular flexibility index (Phi) is 5.04. The fourth-order valence-electron chi connectivity index (χ4n) is 1.84. The second-order valence-electron chi connectivity index (χ2n) is 4.42. The first kappa shape index (κ1) is 15.2.